The fourth-order valence-corrected chi connectivity index (χ4v) is 1.91. The SMILES string of the molecule is CC(C)C(O)CC(=O)NCCNC(=O)c1ccc(Cl)c(Cl)c1. The molecule has 5 nitrogen and oxygen atoms in total. The van der Waals surface area contributed by atoms with Crippen molar-refractivity contribution < 1.29 is 14.7 Å². The van der Waals surface area contributed by atoms with E-state index in [0.717, 1.165) is 0 Å². The Hall–Kier alpha value is -1.30. The number of rotatable bonds is 7. The van der Waals surface area contributed by atoms with Gasteiger partial charge in [0, 0.05) is 18.7 Å². The van der Waals surface area contributed by atoms with Gasteiger partial charge in [-0.2, -0.15) is 0 Å². The highest BCUT2D eigenvalue weighted by Crippen LogP contribution is 2.22. The van der Waals surface area contributed by atoms with Gasteiger partial charge in [0.2, 0.25) is 5.91 Å². The average Bonchev–Trinajstić information content (AvgIpc) is 2.46. The molecule has 122 valence electrons. The number of nitrogens with one attached hydrogen (secondary N) is 2. The molecule has 0 aliphatic rings. The van der Waals surface area contributed by atoms with Gasteiger partial charge in [0.15, 0.2) is 0 Å². The molecule has 0 saturated carbocycles. The molecule has 0 aliphatic carbocycles. The van der Waals surface area contributed by atoms with Crippen LogP contribution in [-0.2, 0) is 4.79 Å². The lowest BCUT2D eigenvalue weighted by Gasteiger charge is -2.14. The molecule has 0 bridgehead atoms. The van der Waals surface area contributed by atoms with Gasteiger partial charge in [0.05, 0.1) is 22.6 Å². The summed E-state index contributed by atoms with van der Waals surface area (Å²) in [6.07, 6.45) is -0.607. The third kappa shape index (κ3) is 6.22. The van der Waals surface area contributed by atoms with Crippen LogP contribution in [0.5, 0.6) is 0 Å². The molecule has 1 unspecified atom stereocenters. The number of benzene rings is 1. The average molecular weight is 347 g/mol. The number of aliphatic hydroxyl groups is 1. The Bertz CT molecular complexity index is 536. The molecule has 1 aromatic carbocycles. The van der Waals surface area contributed by atoms with Crippen molar-refractivity contribution in [1.82, 2.24) is 10.6 Å². The van der Waals surface area contributed by atoms with Crippen molar-refractivity contribution in [2.45, 2.75) is 26.4 Å². The van der Waals surface area contributed by atoms with Crippen LogP contribution in [0.2, 0.25) is 10.0 Å². The quantitative estimate of drug-likeness (QED) is 0.662. The molecule has 1 rings (SSSR count). The van der Waals surface area contributed by atoms with E-state index in [1.54, 1.807) is 12.1 Å². The minimum absolute atomic E-state index is 0.0279. The summed E-state index contributed by atoms with van der Waals surface area (Å²) in [6.45, 7) is 4.25. The van der Waals surface area contributed by atoms with Crippen LogP contribution in [0.25, 0.3) is 0 Å². The van der Waals surface area contributed by atoms with Gasteiger partial charge >= 0.3 is 0 Å². The van der Waals surface area contributed by atoms with E-state index in [2.05, 4.69) is 10.6 Å². The van der Waals surface area contributed by atoms with Gasteiger partial charge in [0.25, 0.3) is 5.91 Å². The molecule has 0 aliphatic heterocycles. The van der Waals surface area contributed by atoms with Crippen LogP contribution < -0.4 is 10.6 Å². The molecule has 3 N–H and O–H groups in total. The Morgan fingerprint density at radius 2 is 1.77 bits per heavy atom. The van der Waals surface area contributed by atoms with Gasteiger partial charge in [-0.05, 0) is 24.1 Å². The van der Waals surface area contributed by atoms with Gasteiger partial charge in [-0.15, -0.1) is 0 Å². The largest absolute Gasteiger partial charge is 0.392 e. The van der Waals surface area contributed by atoms with Crippen molar-refractivity contribution in [2.75, 3.05) is 13.1 Å². The fourth-order valence-electron chi connectivity index (χ4n) is 1.62. The maximum atomic E-state index is 11.9. The smallest absolute Gasteiger partial charge is 0.251 e. The van der Waals surface area contributed by atoms with Crippen molar-refractivity contribution in [3.8, 4) is 0 Å². The highest BCUT2D eigenvalue weighted by atomic mass is 35.5. The maximum absolute atomic E-state index is 11.9. The van der Waals surface area contributed by atoms with E-state index in [-0.39, 0.29) is 37.2 Å². The van der Waals surface area contributed by atoms with Gasteiger partial charge in [0.1, 0.15) is 0 Å². The molecule has 0 radical (unpaired) electrons. The molecule has 0 spiro atoms. The van der Waals surface area contributed by atoms with E-state index in [9.17, 15) is 14.7 Å². The number of carbonyl (C=O) groups is 2. The minimum Gasteiger partial charge on any atom is -0.392 e. The van der Waals surface area contributed by atoms with Crippen molar-refractivity contribution in [3.05, 3.63) is 33.8 Å². The lowest BCUT2D eigenvalue weighted by Crippen LogP contribution is -2.36. The topological polar surface area (TPSA) is 78.4 Å². The summed E-state index contributed by atoms with van der Waals surface area (Å²) in [6, 6.07) is 4.60. The molecule has 0 fully saturated rings. The number of aliphatic hydroxyl groups excluding tert-OH is 1. The first-order valence-corrected chi connectivity index (χ1v) is 7.75. The van der Waals surface area contributed by atoms with Crippen LogP contribution in [0.3, 0.4) is 0 Å². The predicted molar refractivity (Wildman–Crippen MR) is 87.3 cm³/mol. The molecule has 0 aromatic heterocycles. The molecular weight excluding hydrogens is 327 g/mol. The Kier molecular flexibility index (Phi) is 7.65. The standard InChI is InChI=1S/C15H20Cl2N2O3/c1-9(2)13(20)8-14(21)18-5-6-19-15(22)10-3-4-11(16)12(17)7-10/h3-4,7,9,13,20H,5-6,8H2,1-2H3,(H,18,21)(H,19,22). The van der Waals surface area contributed by atoms with Crippen molar-refractivity contribution in [2.24, 2.45) is 5.92 Å². The lowest BCUT2D eigenvalue weighted by atomic mass is 10.0. The van der Waals surface area contributed by atoms with Gasteiger partial charge < -0.3 is 15.7 Å². The second kappa shape index (κ2) is 8.98. The zero-order valence-electron chi connectivity index (χ0n) is 12.5. The second-order valence-corrected chi connectivity index (χ2v) is 6.06. The second-order valence-electron chi connectivity index (χ2n) is 5.25. The first-order valence-electron chi connectivity index (χ1n) is 6.99. The molecule has 1 aromatic rings. The predicted octanol–water partition coefficient (Wildman–Crippen LogP) is 2.25. The number of carbonyl (C=O) groups excluding carboxylic acids is 2. The van der Waals surface area contributed by atoms with E-state index < -0.39 is 6.10 Å². The number of hydrogen-bond acceptors (Lipinski definition) is 3. The van der Waals surface area contributed by atoms with Crippen LogP contribution >= 0.6 is 23.2 Å². The van der Waals surface area contributed by atoms with Crippen LogP contribution in [0, 0.1) is 5.92 Å². The molecule has 2 amide bonds. The third-order valence-corrected chi connectivity index (χ3v) is 3.82. The first-order chi connectivity index (χ1) is 10.3. The minimum atomic E-state index is -0.661. The monoisotopic (exact) mass is 346 g/mol. The van der Waals surface area contributed by atoms with Crippen molar-refractivity contribution in [3.63, 3.8) is 0 Å². The Balaban J connectivity index is 2.30. The summed E-state index contributed by atoms with van der Waals surface area (Å²) in [5, 5.41) is 15.6. The molecular formula is C15H20Cl2N2O3. The molecule has 1 atom stereocenters. The normalized spacial score (nSPS) is 12.1. The van der Waals surface area contributed by atoms with Gasteiger partial charge in [-0.3, -0.25) is 9.59 Å². The van der Waals surface area contributed by atoms with Crippen LogP contribution in [0.15, 0.2) is 18.2 Å². The van der Waals surface area contributed by atoms with E-state index in [1.807, 2.05) is 13.8 Å². The summed E-state index contributed by atoms with van der Waals surface area (Å²) in [5.74, 6) is -0.514. The Morgan fingerprint density at radius 1 is 1.14 bits per heavy atom. The van der Waals surface area contributed by atoms with E-state index in [4.69, 9.17) is 23.2 Å². The van der Waals surface area contributed by atoms with Crippen LogP contribution in [0.4, 0.5) is 0 Å². The van der Waals surface area contributed by atoms with Crippen molar-refractivity contribution >= 4 is 35.0 Å². The first kappa shape index (κ1) is 18.7. The van der Waals surface area contributed by atoms with Gasteiger partial charge in [-0.25, -0.2) is 0 Å². The molecule has 22 heavy (non-hydrogen) atoms. The zero-order valence-corrected chi connectivity index (χ0v) is 14.0. The highest BCUT2D eigenvalue weighted by Gasteiger charge is 2.14. The molecule has 7 heteroatoms. The van der Waals surface area contributed by atoms with Gasteiger partial charge in [-0.1, -0.05) is 37.0 Å². The van der Waals surface area contributed by atoms with E-state index in [0.29, 0.717) is 15.6 Å². The summed E-state index contributed by atoms with van der Waals surface area (Å²) in [5.41, 5.74) is 0.399. The Labute approximate surface area is 140 Å². The third-order valence-electron chi connectivity index (χ3n) is 3.08. The summed E-state index contributed by atoms with van der Waals surface area (Å²) >= 11 is 11.6. The molecule has 0 heterocycles. The summed E-state index contributed by atoms with van der Waals surface area (Å²) < 4.78 is 0. The zero-order chi connectivity index (χ0) is 16.7. The van der Waals surface area contributed by atoms with Crippen LogP contribution in [0.1, 0.15) is 30.6 Å². The Morgan fingerprint density at radius 3 is 2.36 bits per heavy atom. The highest BCUT2D eigenvalue weighted by molar-refractivity contribution is 6.42. The molecule has 0 saturated heterocycles. The van der Waals surface area contributed by atoms with Crippen LogP contribution in [-0.4, -0.2) is 36.1 Å². The van der Waals surface area contributed by atoms with E-state index >= 15 is 0 Å². The lowest BCUT2D eigenvalue weighted by molar-refractivity contribution is -0.123. The van der Waals surface area contributed by atoms with Crippen molar-refractivity contribution in [1.29, 1.82) is 0 Å². The number of hydrogen-bond donors (Lipinski definition) is 3. The number of halogens is 2. The maximum Gasteiger partial charge on any atom is 0.251 e. The van der Waals surface area contributed by atoms with E-state index in [1.165, 1.54) is 6.07 Å². The number of amides is 2. The summed E-state index contributed by atoms with van der Waals surface area (Å²) in [7, 11) is 0. The summed E-state index contributed by atoms with van der Waals surface area (Å²) in [4.78, 5) is 23.4. The fraction of sp³-hybridized carbons (Fsp3) is 0.467.